The molecule has 2 aromatic rings. The van der Waals surface area contributed by atoms with Crippen molar-refractivity contribution in [3.8, 4) is 0 Å². The zero-order chi connectivity index (χ0) is 13.3. The van der Waals surface area contributed by atoms with Crippen LogP contribution in [0.2, 0.25) is 0 Å². The quantitative estimate of drug-likeness (QED) is 0.865. The fourth-order valence-electron chi connectivity index (χ4n) is 1.77. The van der Waals surface area contributed by atoms with Gasteiger partial charge in [-0.1, -0.05) is 0 Å². The van der Waals surface area contributed by atoms with Crippen molar-refractivity contribution in [3.05, 3.63) is 29.2 Å². The Labute approximate surface area is 106 Å². The third kappa shape index (κ3) is 2.27. The van der Waals surface area contributed by atoms with Crippen molar-refractivity contribution < 1.29 is 4.79 Å². The largest absolute Gasteiger partial charge is 0.334 e. The summed E-state index contributed by atoms with van der Waals surface area (Å²) < 4.78 is 1.78. The van der Waals surface area contributed by atoms with Crippen LogP contribution in [0.4, 0.5) is 4.79 Å². The van der Waals surface area contributed by atoms with Crippen molar-refractivity contribution in [2.24, 2.45) is 0 Å². The van der Waals surface area contributed by atoms with Gasteiger partial charge in [-0.25, -0.2) is 14.3 Å². The van der Waals surface area contributed by atoms with Gasteiger partial charge in [-0.3, -0.25) is 0 Å². The molecule has 0 saturated heterocycles. The maximum atomic E-state index is 11.5. The number of amides is 2. The van der Waals surface area contributed by atoms with Crippen LogP contribution >= 0.6 is 0 Å². The number of carbonyl (C=O) groups is 1. The van der Waals surface area contributed by atoms with E-state index in [-0.39, 0.29) is 6.03 Å². The second kappa shape index (κ2) is 4.64. The summed E-state index contributed by atoms with van der Waals surface area (Å²) in [5.74, 6) is 0. The molecule has 0 aliphatic carbocycles. The van der Waals surface area contributed by atoms with Crippen LogP contribution in [0.1, 0.15) is 17.0 Å². The van der Waals surface area contributed by atoms with E-state index in [1.807, 2.05) is 19.9 Å². The molecule has 2 heterocycles. The fourth-order valence-corrected chi connectivity index (χ4v) is 1.77. The molecule has 0 unspecified atom stereocenters. The minimum absolute atomic E-state index is 0.126. The van der Waals surface area contributed by atoms with Gasteiger partial charge in [-0.15, -0.1) is 0 Å². The number of aryl methyl sites for hydroxylation is 2. The van der Waals surface area contributed by atoms with E-state index in [1.165, 1.54) is 4.90 Å². The molecule has 2 amide bonds. The van der Waals surface area contributed by atoms with E-state index >= 15 is 0 Å². The van der Waals surface area contributed by atoms with Gasteiger partial charge in [0.15, 0.2) is 5.65 Å². The molecular weight excluding hydrogens is 230 g/mol. The molecule has 2 aromatic heterocycles. The van der Waals surface area contributed by atoms with Gasteiger partial charge in [0.05, 0.1) is 6.20 Å². The third-order valence-electron chi connectivity index (χ3n) is 2.69. The van der Waals surface area contributed by atoms with Gasteiger partial charge in [0.2, 0.25) is 0 Å². The molecule has 0 saturated carbocycles. The lowest BCUT2D eigenvalue weighted by molar-refractivity contribution is 0.217. The summed E-state index contributed by atoms with van der Waals surface area (Å²) in [6.45, 7) is 4.36. The van der Waals surface area contributed by atoms with Gasteiger partial charge >= 0.3 is 6.03 Å². The topological polar surface area (TPSA) is 62.5 Å². The summed E-state index contributed by atoms with van der Waals surface area (Å²) in [7, 11) is 3.41. The van der Waals surface area contributed by atoms with Gasteiger partial charge in [0.1, 0.15) is 0 Å². The maximum absolute atomic E-state index is 11.5. The standard InChI is InChI=1S/C12H17N5O/c1-8-5-9(2)17-11(15-8)10(7-14-17)6-13-12(18)16(3)4/h5,7H,6H2,1-4H3,(H,13,18). The summed E-state index contributed by atoms with van der Waals surface area (Å²) >= 11 is 0. The Morgan fingerprint density at radius 3 is 2.83 bits per heavy atom. The molecule has 0 fully saturated rings. The first-order valence-corrected chi connectivity index (χ1v) is 5.75. The minimum Gasteiger partial charge on any atom is -0.334 e. The molecule has 0 spiro atoms. The van der Waals surface area contributed by atoms with E-state index in [4.69, 9.17) is 0 Å². The van der Waals surface area contributed by atoms with Gasteiger partial charge in [0.25, 0.3) is 0 Å². The molecule has 6 heteroatoms. The Balaban J connectivity index is 2.27. The first kappa shape index (κ1) is 12.3. The van der Waals surface area contributed by atoms with Gasteiger partial charge in [0, 0.05) is 37.6 Å². The third-order valence-corrected chi connectivity index (χ3v) is 2.69. The second-order valence-electron chi connectivity index (χ2n) is 4.50. The molecule has 6 nitrogen and oxygen atoms in total. The Morgan fingerprint density at radius 2 is 2.17 bits per heavy atom. The smallest absolute Gasteiger partial charge is 0.317 e. The molecule has 2 rings (SSSR count). The zero-order valence-corrected chi connectivity index (χ0v) is 11.1. The van der Waals surface area contributed by atoms with Crippen LogP contribution in [0.3, 0.4) is 0 Å². The van der Waals surface area contributed by atoms with Gasteiger partial charge < -0.3 is 10.2 Å². The highest BCUT2D eigenvalue weighted by molar-refractivity contribution is 5.73. The molecule has 96 valence electrons. The van der Waals surface area contributed by atoms with E-state index in [0.717, 1.165) is 22.6 Å². The second-order valence-corrected chi connectivity index (χ2v) is 4.50. The summed E-state index contributed by atoms with van der Waals surface area (Å²) in [5, 5.41) is 7.08. The predicted molar refractivity (Wildman–Crippen MR) is 68.4 cm³/mol. The van der Waals surface area contributed by atoms with Crippen molar-refractivity contribution in [2.45, 2.75) is 20.4 Å². The average Bonchev–Trinajstić information content (AvgIpc) is 2.69. The van der Waals surface area contributed by atoms with E-state index < -0.39 is 0 Å². The Kier molecular flexibility index (Phi) is 3.18. The highest BCUT2D eigenvalue weighted by Crippen LogP contribution is 2.11. The van der Waals surface area contributed by atoms with Crippen molar-refractivity contribution in [1.29, 1.82) is 0 Å². The number of nitrogens with one attached hydrogen (secondary N) is 1. The lowest BCUT2D eigenvalue weighted by Gasteiger charge is -2.11. The monoisotopic (exact) mass is 247 g/mol. The minimum atomic E-state index is -0.126. The van der Waals surface area contributed by atoms with Crippen LogP contribution in [0.25, 0.3) is 5.65 Å². The molecule has 18 heavy (non-hydrogen) atoms. The lowest BCUT2D eigenvalue weighted by Crippen LogP contribution is -2.33. The van der Waals surface area contributed by atoms with E-state index in [2.05, 4.69) is 15.4 Å². The van der Waals surface area contributed by atoms with Crippen molar-refractivity contribution in [2.75, 3.05) is 14.1 Å². The first-order valence-electron chi connectivity index (χ1n) is 5.75. The number of urea groups is 1. The van der Waals surface area contributed by atoms with Crippen LogP contribution in [-0.2, 0) is 6.54 Å². The molecule has 1 N–H and O–H groups in total. The summed E-state index contributed by atoms with van der Waals surface area (Å²) in [6.07, 6.45) is 1.74. The molecule has 0 aromatic carbocycles. The van der Waals surface area contributed by atoms with Crippen molar-refractivity contribution in [1.82, 2.24) is 24.8 Å². The molecule has 0 bridgehead atoms. The van der Waals surface area contributed by atoms with Crippen LogP contribution in [0.5, 0.6) is 0 Å². The number of hydrogen-bond donors (Lipinski definition) is 1. The van der Waals surface area contributed by atoms with Crippen molar-refractivity contribution in [3.63, 3.8) is 0 Å². The van der Waals surface area contributed by atoms with Gasteiger partial charge in [-0.2, -0.15) is 5.10 Å². The van der Waals surface area contributed by atoms with Gasteiger partial charge in [-0.05, 0) is 19.9 Å². The number of nitrogens with zero attached hydrogens (tertiary/aromatic N) is 4. The highest BCUT2D eigenvalue weighted by atomic mass is 16.2. The van der Waals surface area contributed by atoms with Crippen molar-refractivity contribution >= 4 is 11.7 Å². The maximum Gasteiger partial charge on any atom is 0.317 e. The van der Waals surface area contributed by atoms with Crippen LogP contribution in [0, 0.1) is 13.8 Å². The highest BCUT2D eigenvalue weighted by Gasteiger charge is 2.10. The van der Waals surface area contributed by atoms with Crippen LogP contribution in [0.15, 0.2) is 12.3 Å². The number of rotatable bonds is 2. The summed E-state index contributed by atoms with van der Waals surface area (Å²) in [4.78, 5) is 17.4. The molecule has 0 radical (unpaired) electrons. The SMILES string of the molecule is Cc1cc(C)n2ncc(CNC(=O)N(C)C)c2n1. The average molecular weight is 247 g/mol. The number of aromatic nitrogens is 3. The first-order chi connectivity index (χ1) is 8.49. The molecular formula is C12H17N5O. The normalized spacial score (nSPS) is 10.7. The van der Waals surface area contributed by atoms with Crippen LogP contribution in [-0.4, -0.2) is 39.6 Å². The number of fused-ring (bicyclic) bond motifs is 1. The molecule has 0 atom stereocenters. The molecule has 0 aliphatic heterocycles. The number of hydrogen-bond acceptors (Lipinski definition) is 3. The fraction of sp³-hybridized carbons (Fsp3) is 0.417. The number of carbonyl (C=O) groups excluding carboxylic acids is 1. The molecule has 0 aliphatic rings. The van der Waals surface area contributed by atoms with E-state index in [1.54, 1.807) is 24.8 Å². The predicted octanol–water partition coefficient (Wildman–Crippen LogP) is 1.12. The summed E-state index contributed by atoms with van der Waals surface area (Å²) in [5.41, 5.74) is 3.69. The Bertz CT molecular complexity index is 587. The van der Waals surface area contributed by atoms with E-state index in [0.29, 0.717) is 6.54 Å². The Morgan fingerprint density at radius 1 is 1.44 bits per heavy atom. The van der Waals surface area contributed by atoms with Crippen LogP contribution < -0.4 is 5.32 Å². The van der Waals surface area contributed by atoms with E-state index in [9.17, 15) is 4.79 Å². The summed E-state index contributed by atoms with van der Waals surface area (Å²) in [6, 6.07) is 1.85. The zero-order valence-electron chi connectivity index (χ0n) is 11.1. The Hall–Kier alpha value is -2.11. The lowest BCUT2D eigenvalue weighted by atomic mass is 10.3.